The lowest BCUT2D eigenvalue weighted by molar-refractivity contribution is -0.124. The second-order valence-corrected chi connectivity index (χ2v) is 4.71. The molecule has 1 aliphatic rings. The Labute approximate surface area is 103 Å². The van der Waals surface area contributed by atoms with Crippen molar-refractivity contribution in [3.63, 3.8) is 0 Å². The van der Waals surface area contributed by atoms with Gasteiger partial charge in [-0.05, 0) is 25.7 Å². The summed E-state index contributed by atoms with van der Waals surface area (Å²) in [5.41, 5.74) is 5.77. The summed E-state index contributed by atoms with van der Waals surface area (Å²) in [4.78, 5) is 11.8. The van der Waals surface area contributed by atoms with Crippen LogP contribution in [0.15, 0.2) is 0 Å². The number of amides is 1. The molecule has 1 aliphatic carbocycles. The largest absolute Gasteiger partial charge is 0.391 e. The molecule has 4 N–H and O–H groups in total. The van der Waals surface area contributed by atoms with Crippen LogP contribution in [0.5, 0.6) is 0 Å². The lowest BCUT2D eigenvalue weighted by atomic mass is 9.92. The maximum Gasteiger partial charge on any atom is 0.237 e. The number of nitrogens with two attached hydrogens (primary N) is 1. The van der Waals surface area contributed by atoms with Crippen molar-refractivity contribution in [2.24, 2.45) is 5.73 Å². The standard InChI is InChI=1S/C12H24N2O3/c1-17-8-4-5-9(13)12(16)14-10-6-2-3-7-11(10)15/h9-11,15H,2-8,13H2,1H3,(H,14,16)/t9?,10-,11-/m0/s1. The summed E-state index contributed by atoms with van der Waals surface area (Å²) < 4.78 is 4.91. The van der Waals surface area contributed by atoms with Crippen LogP contribution in [0.4, 0.5) is 0 Å². The molecule has 0 aromatic rings. The number of hydrogen-bond donors (Lipinski definition) is 3. The molecule has 1 amide bonds. The minimum absolute atomic E-state index is 0.121. The van der Waals surface area contributed by atoms with Crippen LogP contribution in [0.2, 0.25) is 0 Å². The predicted molar refractivity (Wildman–Crippen MR) is 65.5 cm³/mol. The van der Waals surface area contributed by atoms with Crippen molar-refractivity contribution in [1.29, 1.82) is 0 Å². The summed E-state index contributed by atoms with van der Waals surface area (Å²) in [5.74, 6) is -0.160. The van der Waals surface area contributed by atoms with Gasteiger partial charge in [-0.2, -0.15) is 0 Å². The normalized spacial score (nSPS) is 26.5. The molecule has 5 heteroatoms. The summed E-state index contributed by atoms with van der Waals surface area (Å²) >= 11 is 0. The molecule has 0 aliphatic heterocycles. The second-order valence-electron chi connectivity index (χ2n) is 4.71. The maximum absolute atomic E-state index is 11.8. The fourth-order valence-electron chi connectivity index (χ4n) is 2.15. The highest BCUT2D eigenvalue weighted by Gasteiger charge is 2.26. The molecule has 0 aromatic heterocycles. The molecule has 0 spiro atoms. The van der Waals surface area contributed by atoms with E-state index in [1.165, 1.54) is 0 Å². The summed E-state index contributed by atoms with van der Waals surface area (Å²) in [6, 6.07) is -0.621. The smallest absolute Gasteiger partial charge is 0.237 e. The van der Waals surface area contributed by atoms with Gasteiger partial charge in [-0.1, -0.05) is 12.8 Å². The van der Waals surface area contributed by atoms with Gasteiger partial charge in [0.05, 0.1) is 18.2 Å². The topological polar surface area (TPSA) is 84.6 Å². The minimum Gasteiger partial charge on any atom is -0.391 e. The Morgan fingerprint density at radius 2 is 2.24 bits per heavy atom. The van der Waals surface area contributed by atoms with Gasteiger partial charge in [-0.3, -0.25) is 4.79 Å². The van der Waals surface area contributed by atoms with E-state index < -0.39 is 12.1 Å². The van der Waals surface area contributed by atoms with Crippen molar-refractivity contribution in [3.8, 4) is 0 Å². The Kier molecular flexibility index (Phi) is 6.47. The Morgan fingerprint density at radius 1 is 1.53 bits per heavy atom. The third-order valence-corrected chi connectivity index (χ3v) is 3.26. The summed E-state index contributed by atoms with van der Waals surface area (Å²) in [7, 11) is 1.63. The van der Waals surface area contributed by atoms with E-state index in [1.54, 1.807) is 7.11 Å². The van der Waals surface area contributed by atoms with Crippen LogP contribution in [0.1, 0.15) is 38.5 Å². The number of aliphatic hydroxyl groups excluding tert-OH is 1. The molecular formula is C12H24N2O3. The molecule has 1 unspecified atom stereocenters. The first kappa shape index (κ1) is 14.4. The Bertz CT molecular complexity index is 236. The molecule has 100 valence electrons. The van der Waals surface area contributed by atoms with Crippen molar-refractivity contribution < 1.29 is 14.6 Å². The third-order valence-electron chi connectivity index (χ3n) is 3.26. The van der Waals surface area contributed by atoms with Crippen molar-refractivity contribution in [1.82, 2.24) is 5.32 Å². The van der Waals surface area contributed by atoms with Gasteiger partial charge in [0.15, 0.2) is 0 Å². The van der Waals surface area contributed by atoms with Crippen LogP contribution < -0.4 is 11.1 Å². The van der Waals surface area contributed by atoms with Crippen LogP contribution in [0.3, 0.4) is 0 Å². The lowest BCUT2D eigenvalue weighted by Gasteiger charge is -2.29. The van der Waals surface area contributed by atoms with Gasteiger partial charge in [0.1, 0.15) is 0 Å². The van der Waals surface area contributed by atoms with Gasteiger partial charge in [-0.15, -0.1) is 0 Å². The summed E-state index contributed by atoms with van der Waals surface area (Å²) in [6.45, 7) is 0.618. The number of nitrogens with one attached hydrogen (secondary N) is 1. The Hall–Kier alpha value is -0.650. The number of rotatable bonds is 6. The molecule has 0 saturated heterocycles. The molecule has 3 atom stereocenters. The van der Waals surface area contributed by atoms with E-state index in [1.807, 2.05) is 0 Å². The Morgan fingerprint density at radius 3 is 2.88 bits per heavy atom. The van der Waals surface area contributed by atoms with Crippen LogP contribution in [-0.4, -0.2) is 42.9 Å². The zero-order chi connectivity index (χ0) is 12.7. The summed E-state index contributed by atoms with van der Waals surface area (Å²) in [6.07, 6.45) is 4.68. The van der Waals surface area contributed by atoms with Crippen LogP contribution in [-0.2, 0) is 9.53 Å². The van der Waals surface area contributed by atoms with Crippen molar-refractivity contribution in [2.45, 2.75) is 56.7 Å². The lowest BCUT2D eigenvalue weighted by Crippen LogP contribution is -2.50. The first-order valence-electron chi connectivity index (χ1n) is 6.38. The van der Waals surface area contributed by atoms with Gasteiger partial charge in [0, 0.05) is 13.7 Å². The number of methoxy groups -OCH3 is 1. The Balaban J connectivity index is 2.26. The molecular weight excluding hydrogens is 220 g/mol. The number of carbonyl (C=O) groups excluding carboxylic acids is 1. The second kappa shape index (κ2) is 7.63. The van der Waals surface area contributed by atoms with E-state index in [9.17, 15) is 9.90 Å². The fraction of sp³-hybridized carbons (Fsp3) is 0.917. The average Bonchev–Trinajstić information content (AvgIpc) is 2.32. The predicted octanol–water partition coefficient (Wildman–Crippen LogP) is 0.160. The first-order chi connectivity index (χ1) is 8.15. The van der Waals surface area contributed by atoms with Gasteiger partial charge in [-0.25, -0.2) is 0 Å². The number of hydrogen-bond acceptors (Lipinski definition) is 4. The average molecular weight is 244 g/mol. The highest BCUT2D eigenvalue weighted by Crippen LogP contribution is 2.18. The highest BCUT2D eigenvalue weighted by molar-refractivity contribution is 5.81. The molecule has 5 nitrogen and oxygen atoms in total. The SMILES string of the molecule is COCCCC(N)C(=O)N[C@H]1CCCC[C@@H]1O. The van der Waals surface area contributed by atoms with Gasteiger partial charge in [0.25, 0.3) is 0 Å². The van der Waals surface area contributed by atoms with E-state index in [2.05, 4.69) is 5.32 Å². The molecule has 1 rings (SSSR count). The monoisotopic (exact) mass is 244 g/mol. The molecule has 1 saturated carbocycles. The molecule has 0 aromatic carbocycles. The molecule has 17 heavy (non-hydrogen) atoms. The van der Waals surface area contributed by atoms with Gasteiger partial charge in [0.2, 0.25) is 5.91 Å². The zero-order valence-corrected chi connectivity index (χ0v) is 10.5. The van der Waals surface area contributed by atoms with E-state index in [0.29, 0.717) is 13.0 Å². The fourth-order valence-corrected chi connectivity index (χ4v) is 2.15. The molecule has 0 bridgehead atoms. The van der Waals surface area contributed by atoms with Crippen molar-refractivity contribution in [3.05, 3.63) is 0 Å². The van der Waals surface area contributed by atoms with E-state index in [-0.39, 0.29) is 11.9 Å². The minimum atomic E-state index is -0.501. The van der Waals surface area contributed by atoms with Crippen LogP contribution in [0, 0.1) is 0 Å². The van der Waals surface area contributed by atoms with Gasteiger partial charge < -0.3 is 20.9 Å². The number of aliphatic hydroxyl groups is 1. The van der Waals surface area contributed by atoms with Crippen molar-refractivity contribution in [2.75, 3.05) is 13.7 Å². The van der Waals surface area contributed by atoms with Crippen molar-refractivity contribution >= 4 is 5.91 Å². The molecule has 0 heterocycles. The number of ether oxygens (including phenoxy) is 1. The molecule has 0 radical (unpaired) electrons. The molecule has 1 fully saturated rings. The highest BCUT2D eigenvalue weighted by atomic mass is 16.5. The summed E-state index contributed by atoms with van der Waals surface area (Å²) in [5, 5.41) is 12.6. The van der Waals surface area contributed by atoms with E-state index in [4.69, 9.17) is 10.5 Å². The maximum atomic E-state index is 11.8. The first-order valence-corrected chi connectivity index (χ1v) is 6.38. The van der Waals surface area contributed by atoms with Gasteiger partial charge >= 0.3 is 0 Å². The van der Waals surface area contributed by atoms with E-state index in [0.717, 1.165) is 32.1 Å². The van der Waals surface area contributed by atoms with Crippen LogP contribution >= 0.6 is 0 Å². The third kappa shape index (κ3) is 5.02. The quantitative estimate of drug-likeness (QED) is 0.581. The number of carbonyl (C=O) groups is 1. The van der Waals surface area contributed by atoms with E-state index >= 15 is 0 Å². The van der Waals surface area contributed by atoms with Crippen LogP contribution in [0.25, 0.3) is 0 Å². The zero-order valence-electron chi connectivity index (χ0n) is 10.5.